The zero-order valence-corrected chi connectivity index (χ0v) is 12.8. The lowest BCUT2D eigenvalue weighted by Crippen LogP contribution is -2.42. The molecule has 0 aliphatic carbocycles. The molecule has 0 aromatic carbocycles. The van der Waals surface area contributed by atoms with Crippen molar-refractivity contribution >= 4 is 11.6 Å². The molecule has 1 aromatic heterocycles. The third-order valence-electron chi connectivity index (χ3n) is 3.81. The Balaban J connectivity index is 2.36. The summed E-state index contributed by atoms with van der Waals surface area (Å²) in [7, 11) is 0. The van der Waals surface area contributed by atoms with Crippen molar-refractivity contribution in [1.29, 1.82) is 0 Å². The molecule has 1 aliphatic rings. The van der Waals surface area contributed by atoms with Crippen LogP contribution in [0.2, 0.25) is 5.02 Å². The van der Waals surface area contributed by atoms with Crippen LogP contribution in [0.15, 0.2) is 6.20 Å². The lowest BCUT2D eigenvalue weighted by molar-refractivity contribution is -0.125. The Morgan fingerprint density at radius 2 is 2.16 bits per heavy atom. The fourth-order valence-electron chi connectivity index (χ4n) is 2.68. The smallest absolute Gasteiger partial charge is 0.112 e. The standard InChI is InChI=1S/C14H23ClN2O2/c1-9(2)12-7-14(18,5-6-19-12)13-11(15)8-16-17(13)10(3)4/h8-10,12,18H,5-7H2,1-4H3. The number of hydrogen-bond acceptors (Lipinski definition) is 3. The zero-order chi connectivity index (χ0) is 14.2. The summed E-state index contributed by atoms with van der Waals surface area (Å²) in [5.74, 6) is 0.376. The maximum absolute atomic E-state index is 11.0. The van der Waals surface area contributed by atoms with Gasteiger partial charge in [-0.05, 0) is 19.8 Å². The summed E-state index contributed by atoms with van der Waals surface area (Å²) in [4.78, 5) is 0. The minimum absolute atomic E-state index is 0.0605. The van der Waals surface area contributed by atoms with Gasteiger partial charge in [0.25, 0.3) is 0 Å². The van der Waals surface area contributed by atoms with Crippen molar-refractivity contribution in [1.82, 2.24) is 9.78 Å². The normalized spacial score (nSPS) is 28.3. The largest absolute Gasteiger partial charge is 0.383 e. The molecule has 2 atom stereocenters. The summed E-state index contributed by atoms with van der Waals surface area (Å²) in [5, 5.41) is 15.9. The molecule has 2 rings (SSSR count). The van der Waals surface area contributed by atoms with Crippen molar-refractivity contribution in [3.05, 3.63) is 16.9 Å². The summed E-state index contributed by atoms with van der Waals surface area (Å²) in [6.45, 7) is 8.85. The van der Waals surface area contributed by atoms with Gasteiger partial charge in [0.15, 0.2) is 0 Å². The molecule has 0 amide bonds. The average Bonchev–Trinajstić information content (AvgIpc) is 2.72. The van der Waals surface area contributed by atoms with E-state index in [9.17, 15) is 5.11 Å². The first-order valence-electron chi connectivity index (χ1n) is 6.92. The predicted octanol–water partition coefficient (Wildman–Crippen LogP) is 3.14. The van der Waals surface area contributed by atoms with Crippen LogP contribution in [-0.2, 0) is 10.3 Å². The number of aliphatic hydroxyl groups is 1. The molecule has 1 N–H and O–H groups in total. The van der Waals surface area contributed by atoms with Gasteiger partial charge in [-0.15, -0.1) is 0 Å². The third kappa shape index (κ3) is 2.81. The van der Waals surface area contributed by atoms with E-state index in [1.165, 1.54) is 0 Å². The van der Waals surface area contributed by atoms with Gasteiger partial charge in [-0.3, -0.25) is 4.68 Å². The molecular weight excluding hydrogens is 264 g/mol. The van der Waals surface area contributed by atoms with Crippen molar-refractivity contribution in [3.63, 3.8) is 0 Å². The highest BCUT2D eigenvalue weighted by Crippen LogP contribution is 2.40. The number of rotatable bonds is 3. The van der Waals surface area contributed by atoms with Crippen LogP contribution in [0.4, 0.5) is 0 Å². The number of ether oxygens (including phenoxy) is 1. The molecule has 2 unspecified atom stereocenters. The molecular formula is C14H23ClN2O2. The molecule has 0 radical (unpaired) electrons. The van der Waals surface area contributed by atoms with Crippen LogP contribution >= 0.6 is 11.6 Å². The van der Waals surface area contributed by atoms with Crippen LogP contribution in [0.3, 0.4) is 0 Å². The van der Waals surface area contributed by atoms with E-state index >= 15 is 0 Å². The SMILES string of the molecule is CC(C)C1CC(O)(c2c(Cl)cnn2C(C)C)CCO1. The fourth-order valence-corrected chi connectivity index (χ4v) is 2.99. The first-order valence-corrected chi connectivity index (χ1v) is 7.30. The second-order valence-corrected chi connectivity index (χ2v) is 6.43. The monoisotopic (exact) mass is 286 g/mol. The molecule has 0 saturated carbocycles. The van der Waals surface area contributed by atoms with Gasteiger partial charge in [0.1, 0.15) is 5.60 Å². The minimum Gasteiger partial charge on any atom is -0.383 e. The Bertz CT molecular complexity index is 445. The summed E-state index contributed by atoms with van der Waals surface area (Å²) in [6.07, 6.45) is 2.82. The minimum atomic E-state index is -0.939. The first-order chi connectivity index (χ1) is 8.85. The van der Waals surface area contributed by atoms with Crippen molar-refractivity contribution in [2.24, 2.45) is 5.92 Å². The van der Waals surface area contributed by atoms with E-state index in [0.29, 0.717) is 30.4 Å². The van der Waals surface area contributed by atoms with E-state index in [1.807, 2.05) is 18.5 Å². The second-order valence-electron chi connectivity index (χ2n) is 6.02. The first kappa shape index (κ1) is 14.8. The van der Waals surface area contributed by atoms with E-state index in [4.69, 9.17) is 16.3 Å². The van der Waals surface area contributed by atoms with Crippen molar-refractivity contribution < 1.29 is 9.84 Å². The van der Waals surface area contributed by atoms with Crippen LogP contribution in [-0.4, -0.2) is 27.6 Å². The van der Waals surface area contributed by atoms with Gasteiger partial charge < -0.3 is 9.84 Å². The molecule has 108 valence electrons. The van der Waals surface area contributed by atoms with Crippen LogP contribution in [0, 0.1) is 5.92 Å². The molecule has 1 aromatic rings. The van der Waals surface area contributed by atoms with E-state index in [-0.39, 0.29) is 12.1 Å². The maximum atomic E-state index is 11.0. The van der Waals surface area contributed by atoms with Gasteiger partial charge in [-0.1, -0.05) is 25.4 Å². The topological polar surface area (TPSA) is 47.3 Å². The van der Waals surface area contributed by atoms with Gasteiger partial charge in [-0.25, -0.2) is 0 Å². The van der Waals surface area contributed by atoms with Gasteiger partial charge >= 0.3 is 0 Å². The molecule has 4 nitrogen and oxygen atoms in total. The van der Waals surface area contributed by atoms with Gasteiger partial charge in [0.2, 0.25) is 0 Å². The molecule has 1 fully saturated rings. The summed E-state index contributed by atoms with van der Waals surface area (Å²) in [6, 6.07) is 0.173. The molecule has 0 bridgehead atoms. The number of hydrogen-bond donors (Lipinski definition) is 1. The van der Waals surface area contributed by atoms with E-state index in [2.05, 4.69) is 18.9 Å². The van der Waals surface area contributed by atoms with E-state index in [1.54, 1.807) is 6.20 Å². The average molecular weight is 287 g/mol. The Morgan fingerprint density at radius 1 is 1.47 bits per heavy atom. The zero-order valence-electron chi connectivity index (χ0n) is 12.1. The van der Waals surface area contributed by atoms with Crippen LogP contribution < -0.4 is 0 Å². The second kappa shape index (κ2) is 5.43. The summed E-state index contributed by atoms with van der Waals surface area (Å²) < 4.78 is 7.56. The van der Waals surface area contributed by atoms with Gasteiger partial charge in [0.05, 0.1) is 29.6 Å². The lowest BCUT2D eigenvalue weighted by Gasteiger charge is -2.39. The molecule has 0 spiro atoms. The number of aromatic nitrogens is 2. The van der Waals surface area contributed by atoms with Crippen molar-refractivity contribution in [2.45, 2.75) is 58.3 Å². The quantitative estimate of drug-likeness (QED) is 0.928. The highest BCUT2D eigenvalue weighted by Gasteiger charge is 2.41. The molecule has 19 heavy (non-hydrogen) atoms. The highest BCUT2D eigenvalue weighted by atomic mass is 35.5. The summed E-state index contributed by atoms with van der Waals surface area (Å²) in [5.41, 5.74) is -0.205. The highest BCUT2D eigenvalue weighted by molar-refractivity contribution is 6.31. The fraction of sp³-hybridized carbons (Fsp3) is 0.786. The van der Waals surface area contributed by atoms with E-state index in [0.717, 1.165) is 5.69 Å². The molecule has 2 heterocycles. The number of nitrogens with zero attached hydrogens (tertiary/aromatic N) is 2. The maximum Gasteiger partial charge on any atom is 0.112 e. The van der Waals surface area contributed by atoms with Crippen molar-refractivity contribution in [3.8, 4) is 0 Å². The molecule has 1 aliphatic heterocycles. The number of halogens is 1. The summed E-state index contributed by atoms with van der Waals surface area (Å²) >= 11 is 6.26. The van der Waals surface area contributed by atoms with Gasteiger partial charge in [0, 0.05) is 18.9 Å². The van der Waals surface area contributed by atoms with Crippen molar-refractivity contribution in [2.75, 3.05) is 6.61 Å². The van der Waals surface area contributed by atoms with E-state index < -0.39 is 5.60 Å². The predicted molar refractivity (Wildman–Crippen MR) is 75.3 cm³/mol. The molecule has 1 saturated heterocycles. The van der Waals surface area contributed by atoms with Gasteiger partial charge in [-0.2, -0.15) is 5.10 Å². The Kier molecular flexibility index (Phi) is 4.23. The van der Waals surface area contributed by atoms with Crippen LogP contribution in [0.25, 0.3) is 0 Å². The Labute approximate surface area is 119 Å². The van der Waals surface area contributed by atoms with Crippen LogP contribution in [0.5, 0.6) is 0 Å². The Morgan fingerprint density at radius 3 is 2.74 bits per heavy atom. The lowest BCUT2D eigenvalue weighted by atomic mass is 9.83. The Hall–Kier alpha value is -0.580. The molecule has 5 heteroatoms. The third-order valence-corrected chi connectivity index (χ3v) is 4.09. The van der Waals surface area contributed by atoms with Crippen LogP contribution in [0.1, 0.15) is 52.3 Å².